The molecule has 7 heteroatoms. The first-order chi connectivity index (χ1) is 13.5. The van der Waals surface area contributed by atoms with Crippen LogP contribution in [0.2, 0.25) is 5.02 Å². The normalized spacial score (nSPS) is 15.6. The Kier molecular flexibility index (Phi) is 7.36. The molecule has 1 aliphatic heterocycles. The Bertz CT molecular complexity index is 781. The van der Waals surface area contributed by atoms with Crippen LogP contribution in [0.4, 0.5) is 0 Å². The number of nitrogens with zero attached hydrogens (tertiary/aromatic N) is 4. The van der Waals surface area contributed by atoms with Gasteiger partial charge in [0.1, 0.15) is 0 Å². The summed E-state index contributed by atoms with van der Waals surface area (Å²) in [5.41, 5.74) is 3.72. The number of morpholine rings is 1. The second kappa shape index (κ2) is 9.96. The molecule has 0 aliphatic carbocycles. The van der Waals surface area contributed by atoms with E-state index in [2.05, 4.69) is 44.4 Å². The molecule has 1 aromatic heterocycles. The van der Waals surface area contributed by atoms with E-state index in [9.17, 15) is 0 Å². The Hall–Kier alpha value is -2.02. The van der Waals surface area contributed by atoms with Gasteiger partial charge < -0.3 is 19.5 Å². The monoisotopic (exact) mass is 403 g/mol. The SMILES string of the molecule is CN=C(NCc1ccc(CN2CCOCC2)cc1)N(C)Cc1cc(Cl)cn1C. The molecule has 0 bridgehead atoms. The predicted molar refractivity (Wildman–Crippen MR) is 115 cm³/mol. The van der Waals surface area contributed by atoms with Crippen LogP contribution in [0.5, 0.6) is 0 Å². The van der Waals surface area contributed by atoms with Gasteiger partial charge >= 0.3 is 0 Å². The summed E-state index contributed by atoms with van der Waals surface area (Å²) in [6, 6.07) is 10.8. The van der Waals surface area contributed by atoms with Gasteiger partial charge in [-0.15, -0.1) is 0 Å². The summed E-state index contributed by atoms with van der Waals surface area (Å²) in [6.45, 7) is 6.16. The van der Waals surface area contributed by atoms with Crippen LogP contribution in [0.3, 0.4) is 0 Å². The summed E-state index contributed by atoms with van der Waals surface area (Å²) in [4.78, 5) is 8.93. The summed E-state index contributed by atoms with van der Waals surface area (Å²) in [5, 5.41) is 4.20. The van der Waals surface area contributed by atoms with Gasteiger partial charge in [0.05, 0.1) is 24.8 Å². The van der Waals surface area contributed by atoms with E-state index in [1.807, 2.05) is 38.0 Å². The minimum atomic E-state index is 0.737. The Morgan fingerprint density at radius 3 is 2.50 bits per heavy atom. The third-order valence-corrected chi connectivity index (χ3v) is 5.24. The molecule has 2 heterocycles. The van der Waals surface area contributed by atoms with Crippen molar-refractivity contribution in [3.8, 4) is 0 Å². The summed E-state index contributed by atoms with van der Waals surface area (Å²) in [6.07, 6.45) is 1.92. The molecule has 1 aliphatic rings. The van der Waals surface area contributed by atoms with Crippen LogP contribution in [0.25, 0.3) is 0 Å². The van der Waals surface area contributed by atoms with Crippen LogP contribution >= 0.6 is 11.6 Å². The van der Waals surface area contributed by atoms with Crippen LogP contribution in [0, 0.1) is 0 Å². The minimum absolute atomic E-state index is 0.737. The van der Waals surface area contributed by atoms with Crippen molar-refractivity contribution in [2.24, 2.45) is 12.0 Å². The third kappa shape index (κ3) is 5.74. The zero-order valence-electron chi connectivity index (χ0n) is 17.0. The number of aliphatic imine (C=N–C) groups is 1. The summed E-state index contributed by atoms with van der Waals surface area (Å²) in [5.74, 6) is 0.856. The second-order valence-electron chi connectivity index (χ2n) is 7.22. The molecule has 28 heavy (non-hydrogen) atoms. The van der Waals surface area contributed by atoms with Crippen LogP contribution < -0.4 is 5.32 Å². The zero-order valence-corrected chi connectivity index (χ0v) is 17.7. The highest BCUT2D eigenvalue weighted by molar-refractivity contribution is 6.30. The van der Waals surface area contributed by atoms with Crippen molar-refractivity contribution in [3.63, 3.8) is 0 Å². The van der Waals surface area contributed by atoms with Crippen molar-refractivity contribution in [2.45, 2.75) is 19.6 Å². The van der Waals surface area contributed by atoms with Crippen molar-refractivity contribution >= 4 is 17.6 Å². The average molecular weight is 404 g/mol. The lowest BCUT2D eigenvalue weighted by Crippen LogP contribution is -2.38. The van der Waals surface area contributed by atoms with Gasteiger partial charge in [0.15, 0.2) is 5.96 Å². The van der Waals surface area contributed by atoms with E-state index in [-0.39, 0.29) is 0 Å². The molecule has 1 aromatic carbocycles. The Morgan fingerprint density at radius 1 is 1.21 bits per heavy atom. The summed E-state index contributed by atoms with van der Waals surface area (Å²) < 4.78 is 7.45. The fourth-order valence-electron chi connectivity index (χ4n) is 3.39. The first-order valence-electron chi connectivity index (χ1n) is 9.65. The standard InChI is InChI=1S/C21H30ClN5O/c1-23-21(26(3)16-20-12-19(22)15-25(20)2)24-13-17-4-6-18(7-5-17)14-27-8-10-28-11-9-27/h4-7,12,15H,8-11,13-14,16H2,1-3H3,(H,23,24). The molecule has 0 spiro atoms. The van der Waals surface area contributed by atoms with E-state index in [0.717, 1.165) is 62.6 Å². The Balaban J connectivity index is 1.50. The van der Waals surface area contributed by atoms with Gasteiger partial charge in [-0.05, 0) is 17.2 Å². The lowest BCUT2D eigenvalue weighted by Gasteiger charge is -2.26. The maximum absolute atomic E-state index is 6.08. The number of hydrogen-bond donors (Lipinski definition) is 1. The molecule has 1 saturated heterocycles. The predicted octanol–water partition coefficient (Wildman–Crippen LogP) is 2.72. The minimum Gasteiger partial charge on any atom is -0.379 e. The number of guanidine groups is 1. The number of halogens is 1. The number of rotatable bonds is 6. The molecule has 3 rings (SSSR count). The number of benzene rings is 1. The molecule has 0 saturated carbocycles. The topological polar surface area (TPSA) is 45.0 Å². The van der Waals surface area contributed by atoms with Crippen molar-refractivity contribution in [1.82, 2.24) is 19.7 Å². The molecule has 1 N–H and O–H groups in total. The molecular formula is C21H30ClN5O. The van der Waals surface area contributed by atoms with Crippen LogP contribution in [0.15, 0.2) is 41.5 Å². The summed E-state index contributed by atoms with van der Waals surface area (Å²) >= 11 is 6.08. The van der Waals surface area contributed by atoms with E-state index in [0.29, 0.717) is 0 Å². The molecule has 0 amide bonds. The number of hydrogen-bond acceptors (Lipinski definition) is 3. The van der Waals surface area contributed by atoms with Gasteiger partial charge in [-0.3, -0.25) is 9.89 Å². The van der Waals surface area contributed by atoms with Gasteiger partial charge in [0.2, 0.25) is 0 Å². The molecular weight excluding hydrogens is 374 g/mol. The number of nitrogens with one attached hydrogen (secondary N) is 1. The summed E-state index contributed by atoms with van der Waals surface area (Å²) in [7, 11) is 5.84. The van der Waals surface area contributed by atoms with Crippen molar-refractivity contribution in [3.05, 3.63) is 58.4 Å². The van der Waals surface area contributed by atoms with Gasteiger partial charge in [0, 0.05) is 59.2 Å². The number of aromatic nitrogens is 1. The maximum atomic E-state index is 6.08. The van der Waals surface area contributed by atoms with Gasteiger partial charge in [-0.1, -0.05) is 35.9 Å². The van der Waals surface area contributed by atoms with E-state index in [1.54, 1.807) is 0 Å². The molecule has 1 fully saturated rings. The molecule has 6 nitrogen and oxygen atoms in total. The molecule has 152 valence electrons. The average Bonchev–Trinajstić information content (AvgIpc) is 3.01. The van der Waals surface area contributed by atoms with Crippen molar-refractivity contribution < 1.29 is 4.74 Å². The van der Waals surface area contributed by atoms with E-state index in [1.165, 1.54) is 11.1 Å². The van der Waals surface area contributed by atoms with Gasteiger partial charge in [0.25, 0.3) is 0 Å². The molecule has 0 radical (unpaired) electrons. The fourth-order valence-corrected chi connectivity index (χ4v) is 3.66. The maximum Gasteiger partial charge on any atom is 0.194 e. The van der Waals surface area contributed by atoms with Crippen molar-refractivity contribution in [2.75, 3.05) is 40.4 Å². The fraction of sp³-hybridized carbons (Fsp3) is 0.476. The highest BCUT2D eigenvalue weighted by Gasteiger charge is 2.11. The van der Waals surface area contributed by atoms with Gasteiger partial charge in [-0.2, -0.15) is 0 Å². The zero-order chi connectivity index (χ0) is 19.9. The lowest BCUT2D eigenvalue weighted by atomic mass is 10.1. The first-order valence-corrected chi connectivity index (χ1v) is 10.0. The smallest absolute Gasteiger partial charge is 0.194 e. The van der Waals surface area contributed by atoms with Crippen LogP contribution in [0.1, 0.15) is 16.8 Å². The highest BCUT2D eigenvalue weighted by Crippen LogP contribution is 2.14. The Morgan fingerprint density at radius 2 is 1.89 bits per heavy atom. The number of aryl methyl sites for hydroxylation is 1. The third-order valence-electron chi connectivity index (χ3n) is 5.03. The van der Waals surface area contributed by atoms with E-state index < -0.39 is 0 Å². The largest absolute Gasteiger partial charge is 0.379 e. The van der Waals surface area contributed by atoms with Gasteiger partial charge in [-0.25, -0.2) is 0 Å². The van der Waals surface area contributed by atoms with Crippen molar-refractivity contribution in [1.29, 1.82) is 0 Å². The molecule has 0 atom stereocenters. The van der Waals surface area contributed by atoms with E-state index in [4.69, 9.17) is 16.3 Å². The Labute approximate surface area is 172 Å². The highest BCUT2D eigenvalue weighted by atomic mass is 35.5. The van der Waals surface area contributed by atoms with Crippen LogP contribution in [-0.4, -0.2) is 60.7 Å². The number of ether oxygens (including phenoxy) is 1. The molecule has 0 unspecified atom stereocenters. The quantitative estimate of drug-likeness (QED) is 0.595. The van der Waals surface area contributed by atoms with Crippen LogP contribution in [-0.2, 0) is 31.4 Å². The first kappa shape index (κ1) is 20.7. The van der Waals surface area contributed by atoms with E-state index >= 15 is 0 Å². The second-order valence-corrected chi connectivity index (χ2v) is 7.66. The molecule has 2 aromatic rings. The lowest BCUT2D eigenvalue weighted by molar-refractivity contribution is 0.0342.